The summed E-state index contributed by atoms with van der Waals surface area (Å²) in [5.41, 5.74) is 7.86. The van der Waals surface area contributed by atoms with E-state index in [1.165, 1.54) is 0 Å². The maximum absolute atomic E-state index is 12.3. The van der Waals surface area contributed by atoms with Crippen LogP contribution in [0.25, 0.3) is 0 Å². The van der Waals surface area contributed by atoms with Gasteiger partial charge >= 0.3 is 0 Å². The van der Waals surface area contributed by atoms with Gasteiger partial charge in [-0.3, -0.25) is 4.79 Å². The van der Waals surface area contributed by atoms with Crippen LogP contribution in [-0.2, 0) is 6.54 Å². The third-order valence-electron chi connectivity index (χ3n) is 3.34. The summed E-state index contributed by atoms with van der Waals surface area (Å²) < 4.78 is 10.6. The summed E-state index contributed by atoms with van der Waals surface area (Å²) in [7, 11) is 1.76. The number of carbonyl (C=O) groups is 1. The molecule has 0 radical (unpaired) electrons. The van der Waals surface area contributed by atoms with E-state index in [0.29, 0.717) is 17.8 Å². The molecule has 0 unspecified atom stereocenters. The van der Waals surface area contributed by atoms with E-state index in [4.69, 9.17) is 15.2 Å². The van der Waals surface area contributed by atoms with Gasteiger partial charge in [-0.2, -0.15) is 0 Å². The van der Waals surface area contributed by atoms with Crippen molar-refractivity contribution in [2.45, 2.75) is 6.54 Å². The van der Waals surface area contributed by atoms with Gasteiger partial charge in [-0.25, -0.2) is 0 Å². The number of nitrogens with zero attached hydrogens (tertiary/aromatic N) is 1. The molecule has 0 spiro atoms. The van der Waals surface area contributed by atoms with E-state index in [9.17, 15) is 4.79 Å². The molecule has 5 nitrogen and oxygen atoms in total. The fourth-order valence-corrected chi connectivity index (χ4v) is 2.28. The smallest absolute Gasteiger partial charge is 0.253 e. The molecule has 2 aromatic carbocycles. The van der Waals surface area contributed by atoms with E-state index < -0.39 is 0 Å². The van der Waals surface area contributed by atoms with Crippen LogP contribution < -0.4 is 15.2 Å². The first kappa shape index (κ1) is 13.3. The molecule has 0 aliphatic carbocycles. The van der Waals surface area contributed by atoms with Gasteiger partial charge in [0.05, 0.1) is 0 Å². The number of nitrogen functional groups attached to an aromatic ring is 1. The molecule has 21 heavy (non-hydrogen) atoms. The summed E-state index contributed by atoms with van der Waals surface area (Å²) in [4.78, 5) is 14.0. The molecule has 5 heteroatoms. The highest BCUT2D eigenvalue weighted by Gasteiger charge is 2.16. The predicted octanol–water partition coefficient (Wildman–Crippen LogP) is 2.27. The van der Waals surface area contributed by atoms with Crippen molar-refractivity contribution in [2.75, 3.05) is 19.6 Å². The van der Waals surface area contributed by atoms with Gasteiger partial charge in [0.1, 0.15) is 0 Å². The molecule has 0 bridgehead atoms. The Morgan fingerprint density at radius 3 is 2.81 bits per heavy atom. The Morgan fingerprint density at radius 2 is 2.00 bits per heavy atom. The molecular weight excluding hydrogens is 268 g/mol. The molecule has 1 aliphatic rings. The summed E-state index contributed by atoms with van der Waals surface area (Å²) in [6.07, 6.45) is 0. The highest BCUT2D eigenvalue weighted by molar-refractivity contribution is 5.94. The van der Waals surface area contributed by atoms with Crippen LogP contribution in [0.5, 0.6) is 11.5 Å². The van der Waals surface area contributed by atoms with Crippen LogP contribution in [0.2, 0.25) is 0 Å². The largest absolute Gasteiger partial charge is 0.454 e. The first-order valence-corrected chi connectivity index (χ1v) is 6.63. The van der Waals surface area contributed by atoms with Gasteiger partial charge in [-0.05, 0) is 35.9 Å². The minimum atomic E-state index is -0.0695. The summed E-state index contributed by atoms with van der Waals surface area (Å²) in [5.74, 6) is 1.39. The number of nitrogens with two attached hydrogens (primary N) is 1. The molecule has 0 atom stereocenters. The number of fused-ring (bicyclic) bond motifs is 1. The van der Waals surface area contributed by atoms with Crippen molar-refractivity contribution in [1.29, 1.82) is 0 Å². The van der Waals surface area contributed by atoms with Crippen LogP contribution >= 0.6 is 0 Å². The number of ether oxygens (including phenoxy) is 2. The third-order valence-corrected chi connectivity index (χ3v) is 3.34. The van der Waals surface area contributed by atoms with E-state index in [2.05, 4.69) is 0 Å². The first-order valence-electron chi connectivity index (χ1n) is 6.63. The Hall–Kier alpha value is -2.69. The zero-order valence-corrected chi connectivity index (χ0v) is 11.7. The second kappa shape index (κ2) is 5.36. The minimum absolute atomic E-state index is 0.0695. The zero-order chi connectivity index (χ0) is 14.8. The van der Waals surface area contributed by atoms with Crippen molar-refractivity contribution in [3.63, 3.8) is 0 Å². The van der Waals surface area contributed by atoms with Gasteiger partial charge in [-0.1, -0.05) is 12.1 Å². The second-order valence-corrected chi connectivity index (χ2v) is 4.97. The Morgan fingerprint density at radius 1 is 1.19 bits per heavy atom. The zero-order valence-electron chi connectivity index (χ0n) is 11.7. The predicted molar refractivity (Wildman–Crippen MR) is 79.2 cm³/mol. The fraction of sp³-hybridized carbons (Fsp3) is 0.188. The topological polar surface area (TPSA) is 64.8 Å². The molecule has 108 valence electrons. The van der Waals surface area contributed by atoms with Crippen molar-refractivity contribution in [2.24, 2.45) is 0 Å². The molecule has 0 fully saturated rings. The first-order chi connectivity index (χ1) is 10.1. The van der Waals surface area contributed by atoms with Crippen LogP contribution in [0, 0.1) is 0 Å². The monoisotopic (exact) mass is 284 g/mol. The highest BCUT2D eigenvalue weighted by Crippen LogP contribution is 2.32. The molecule has 0 aromatic heterocycles. The number of hydrogen-bond donors (Lipinski definition) is 1. The lowest BCUT2D eigenvalue weighted by atomic mass is 10.1. The lowest BCUT2D eigenvalue weighted by Crippen LogP contribution is -2.26. The van der Waals surface area contributed by atoms with Gasteiger partial charge in [0, 0.05) is 24.8 Å². The minimum Gasteiger partial charge on any atom is -0.454 e. The molecule has 1 aliphatic heterocycles. The van der Waals surface area contributed by atoms with E-state index in [1.54, 1.807) is 36.2 Å². The molecule has 3 rings (SSSR count). The summed E-state index contributed by atoms with van der Waals surface area (Å²) in [6, 6.07) is 12.7. The number of benzene rings is 2. The molecule has 0 saturated carbocycles. The van der Waals surface area contributed by atoms with Gasteiger partial charge in [-0.15, -0.1) is 0 Å². The van der Waals surface area contributed by atoms with Crippen molar-refractivity contribution >= 4 is 11.6 Å². The van der Waals surface area contributed by atoms with E-state index >= 15 is 0 Å². The Kier molecular flexibility index (Phi) is 3.39. The lowest BCUT2D eigenvalue weighted by Gasteiger charge is -2.17. The van der Waals surface area contributed by atoms with E-state index in [0.717, 1.165) is 17.1 Å². The van der Waals surface area contributed by atoms with Gasteiger partial charge in [0.2, 0.25) is 6.79 Å². The van der Waals surface area contributed by atoms with Gasteiger partial charge in [0.25, 0.3) is 5.91 Å². The molecular formula is C16H16N2O3. The average molecular weight is 284 g/mol. The summed E-state index contributed by atoms with van der Waals surface area (Å²) in [6.45, 7) is 0.737. The molecule has 2 aromatic rings. The van der Waals surface area contributed by atoms with Gasteiger partial charge in [0.15, 0.2) is 11.5 Å². The summed E-state index contributed by atoms with van der Waals surface area (Å²) in [5, 5.41) is 0. The van der Waals surface area contributed by atoms with Crippen molar-refractivity contribution in [3.05, 3.63) is 53.6 Å². The number of anilines is 1. The van der Waals surface area contributed by atoms with Crippen LogP contribution in [0.15, 0.2) is 42.5 Å². The number of hydrogen-bond acceptors (Lipinski definition) is 4. The maximum Gasteiger partial charge on any atom is 0.253 e. The maximum atomic E-state index is 12.3. The lowest BCUT2D eigenvalue weighted by molar-refractivity contribution is 0.0785. The van der Waals surface area contributed by atoms with Crippen LogP contribution in [0.4, 0.5) is 5.69 Å². The molecule has 0 saturated heterocycles. The number of rotatable bonds is 3. The van der Waals surface area contributed by atoms with Crippen molar-refractivity contribution < 1.29 is 14.3 Å². The highest BCUT2D eigenvalue weighted by atomic mass is 16.7. The fourth-order valence-electron chi connectivity index (χ4n) is 2.28. The summed E-state index contributed by atoms with van der Waals surface area (Å²) >= 11 is 0. The average Bonchev–Trinajstić information content (AvgIpc) is 2.94. The Balaban J connectivity index is 1.74. The quantitative estimate of drug-likeness (QED) is 0.878. The third kappa shape index (κ3) is 2.76. The molecule has 2 N–H and O–H groups in total. The molecule has 1 heterocycles. The van der Waals surface area contributed by atoms with E-state index in [1.807, 2.05) is 18.2 Å². The second-order valence-electron chi connectivity index (χ2n) is 4.97. The Labute approximate surface area is 122 Å². The van der Waals surface area contributed by atoms with Crippen LogP contribution in [0.3, 0.4) is 0 Å². The standard InChI is InChI=1S/C16H16N2O3/c1-18(16(19)12-3-2-4-13(17)8-12)9-11-5-6-14-15(7-11)21-10-20-14/h2-8H,9-10,17H2,1H3. The molecule has 1 amide bonds. The van der Waals surface area contributed by atoms with Crippen LogP contribution in [0.1, 0.15) is 15.9 Å². The normalized spacial score (nSPS) is 12.2. The van der Waals surface area contributed by atoms with Crippen LogP contribution in [-0.4, -0.2) is 24.6 Å². The SMILES string of the molecule is CN(Cc1ccc2c(c1)OCO2)C(=O)c1cccc(N)c1. The van der Waals surface area contributed by atoms with Crippen molar-refractivity contribution in [1.82, 2.24) is 4.90 Å². The Bertz CT molecular complexity index is 685. The number of carbonyl (C=O) groups excluding carboxylic acids is 1. The van der Waals surface area contributed by atoms with Gasteiger partial charge < -0.3 is 20.1 Å². The van der Waals surface area contributed by atoms with E-state index in [-0.39, 0.29) is 12.7 Å². The van der Waals surface area contributed by atoms with Crippen molar-refractivity contribution in [3.8, 4) is 11.5 Å². The number of amides is 1.